The Morgan fingerprint density at radius 1 is 1.26 bits per heavy atom. The van der Waals surface area contributed by atoms with Crippen molar-refractivity contribution >= 4 is 5.91 Å². The average molecular weight is 317 g/mol. The first kappa shape index (κ1) is 17.2. The molecule has 0 atom stereocenters. The van der Waals surface area contributed by atoms with Crippen LogP contribution in [0.5, 0.6) is 0 Å². The summed E-state index contributed by atoms with van der Waals surface area (Å²) in [6.07, 6.45) is 5.47. The fraction of sp³-hybridized carbons (Fsp3) is 0.412. The lowest BCUT2D eigenvalue weighted by Gasteiger charge is -2.08. The van der Waals surface area contributed by atoms with Crippen molar-refractivity contribution < 1.29 is 14.3 Å². The number of hydrogen-bond acceptors (Lipinski definition) is 4. The molecular weight excluding hydrogens is 294 g/mol. The molecule has 1 aromatic heterocycles. The summed E-state index contributed by atoms with van der Waals surface area (Å²) < 4.78 is 12.4. The van der Waals surface area contributed by atoms with Crippen LogP contribution in [0.4, 0.5) is 0 Å². The summed E-state index contributed by atoms with van der Waals surface area (Å²) in [7, 11) is 0. The lowest BCUT2D eigenvalue weighted by Crippen LogP contribution is -2.27. The monoisotopic (exact) mass is 317 g/mol. The highest BCUT2D eigenvalue weighted by Crippen LogP contribution is 2.07. The second-order valence-corrected chi connectivity index (χ2v) is 5.08. The average Bonchev–Trinajstić information content (AvgIpc) is 3.06. The minimum absolute atomic E-state index is 0.0573. The third kappa shape index (κ3) is 6.63. The maximum absolute atomic E-state index is 11.7. The normalized spacial score (nSPS) is 10.7. The van der Waals surface area contributed by atoms with Crippen LogP contribution in [0.25, 0.3) is 0 Å². The number of nitrogens with one attached hydrogen (secondary N) is 1. The van der Waals surface area contributed by atoms with E-state index in [9.17, 15) is 4.79 Å². The van der Waals surface area contributed by atoms with Crippen molar-refractivity contribution in [2.75, 3.05) is 26.4 Å². The summed E-state index contributed by atoms with van der Waals surface area (Å²) in [5.74, 6) is -0.124. The van der Waals surface area contributed by atoms with Gasteiger partial charge in [-0.05, 0) is 18.1 Å². The van der Waals surface area contributed by atoms with Gasteiger partial charge in [-0.15, -0.1) is 0 Å². The summed E-state index contributed by atoms with van der Waals surface area (Å²) >= 11 is 0. The summed E-state index contributed by atoms with van der Waals surface area (Å²) in [6, 6.07) is 8.12. The largest absolute Gasteiger partial charge is 0.379 e. The minimum Gasteiger partial charge on any atom is -0.379 e. The van der Waals surface area contributed by atoms with E-state index in [4.69, 9.17) is 9.47 Å². The number of nitrogens with zero attached hydrogens (tertiary/aromatic N) is 2. The molecule has 0 saturated heterocycles. The molecule has 0 spiro atoms. The van der Waals surface area contributed by atoms with Crippen LogP contribution in [0.3, 0.4) is 0 Å². The lowest BCUT2D eigenvalue weighted by atomic mass is 10.1. The first-order valence-corrected chi connectivity index (χ1v) is 7.73. The zero-order chi connectivity index (χ0) is 16.3. The van der Waals surface area contributed by atoms with Gasteiger partial charge >= 0.3 is 0 Å². The fourth-order valence-corrected chi connectivity index (χ4v) is 2.11. The molecule has 0 radical (unpaired) electrons. The van der Waals surface area contributed by atoms with Crippen LogP contribution in [0.2, 0.25) is 0 Å². The standard InChI is InChI=1S/C17H23N3O3/c1-2-22-8-9-23-13-17(21)19-11-15-4-3-5-16(10-15)12-20-7-6-18-14-20/h3-7,10,14H,2,8-9,11-13H2,1H3,(H,19,21). The molecule has 1 heterocycles. The predicted octanol–water partition coefficient (Wildman–Crippen LogP) is 1.60. The van der Waals surface area contributed by atoms with Crippen LogP contribution >= 0.6 is 0 Å². The third-order valence-electron chi connectivity index (χ3n) is 3.21. The van der Waals surface area contributed by atoms with Gasteiger partial charge in [0.05, 0.1) is 19.5 Å². The minimum atomic E-state index is -0.124. The summed E-state index contributed by atoms with van der Waals surface area (Å²) in [6.45, 7) is 4.84. The van der Waals surface area contributed by atoms with Crippen LogP contribution in [-0.2, 0) is 27.4 Å². The molecule has 2 aromatic rings. The second-order valence-electron chi connectivity index (χ2n) is 5.08. The van der Waals surface area contributed by atoms with Gasteiger partial charge in [0.15, 0.2) is 0 Å². The summed E-state index contributed by atoms with van der Waals surface area (Å²) in [4.78, 5) is 15.7. The van der Waals surface area contributed by atoms with Crippen molar-refractivity contribution in [2.45, 2.75) is 20.0 Å². The summed E-state index contributed by atoms with van der Waals surface area (Å²) in [5, 5.41) is 2.85. The van der Waals surface area contributed by atoms with Gasteiger partial charge in [-0.25, -0.2) is 4.98 Å². The number of carbonyl (C=O) groups is 1. The van der Waals surface area contributed by atoms with Crippen LogP contribution < -0.4 is 5.32 Å². The van der Waals surface area contributed by atoms with Crippen LogP contribution in [0.1, 0.15) is 18.1 Å². The first-order valence-electron chi connectivity index (χ1n) is 7.73. The third-order valence-corrected chi connectivity index (χ3v) is 3.21. The fourth-order valence-electron chi connectivity index (χ4n) is 2.11. The van der Waals surface area contributed by atoms with Crippen LogP contribution in [0.15, 0.2) is 43.0 Å². The van der Waals surface area contributed by atoms with E-state index in [1.54, 1.807) is 12.5 Å². The molecule has 0 aliphatic rings. The van der Waals surface area contributed by atoms with Crippen molar-refractivity contribution in [1.29, 1.82) is 0 Å². The van der Waals surface area contributed by atoms with Gasteiger partial charge in [0.25, 0.3) is 0 Å². The Bertz CT molecular complexity index is 585. The smallest absolute Gasteiger partial charge is 0.246 e. The molecule has 1 N–H and O–H groups in total. The van der Waals surface area contributed by atoms with Crippen molar-refractivity contribution in [1.82, 2.24) is 14.9 Å². The Labute approximate surface area is 136 Å². The first-order chi connectivity index (χ1) is 11.3. The van der Waals surface area contributed by atoms with Crippen molar-refractivity contribution in [3.8, 4) is 0 Å². The molecule has 0 aliphatic carbocycles. The maximum Gasteiger partial charge on any atom is 0.246 e. The van der Waals surface area contributed by atoms with Crippen LogP contribution in [0, 0.1) is 0 Å². The van der Waals surface area contributed by atoms with E-state index in [2.05, 4.69) is 22.4 Å². The van der Waals surface area contributed by atoms with Gasteiger partial charge in [-0.2, -0.15) is 0 Å². The van der Waals surface area contributed by atoms with E-state index in [0.717, 1.165) is 12.1 Å². The van der Waals surface area contributed by atoms with Gasteiger partial charge in [0, 0.05) is 32.1 Å². The number of rotatable bonds is 10. The molecule has 2 rings (SSSR count). The second kappa shape index (κ2) is 9.76. The Kier molecular flexibility index (Phi) is 7.29. The van der Waals surface area contributed by atoms with Crippen molar-refractivity contribution in [2.24, 2.45) is 0 Å². The Morgan fingerprint density at radius 3 is 2.87 bits per heavy atom. The Morgan fingerprint density at radius 2 is 2.09 bits per heavy atom. The molecule has 124 valence electrons. The molecule has 23 heavy (non-hydrogen) atoms. The van der Waals surface area contributed by atoms with E-state index < -0.39 is 0 Å². The number of imidazole rings is 1. The number of benzene rings is 1. The molecule has 6 nitrogen and oxygen atoms in total. The van der Waals surface area contributed by atoms with E-state index in [0.29, 0.717) is 26.4 Å². The van der Waals surface area contributed by atoms with Gasteiger partial charge in [0.2, 0.25) is 5.91 Å². The van der Waals surface area contributed by atoms with Crippen molar-refractivity contribution in [3.05, 3.63) is 54.1 Å². The van der Waals surface area contributed by atoms with E-state index in [-0.39, 0.29) is 12.5 Å². The van der Waals surface area contributed by atoms with Gasteiger partial charge in [-0.1, -0.05) is 24.3 Å². The molecule has 0 aliphatic heterocycles. The molecular formula is C17H23N3O3. The van der Waals surface area contributed by atoms with Crippen molar-refractivity contribution in [3.63, 3.8) is 0 Å². The zero-order valence-corrected chi connectivity index (χ0v) is 13.4. The lowest BCUT2D eigenvalue weighted by molar-refractivity contribution is -0.126. The quantitative estimate of drug-likeness (QED) is 0.676. The van der Waals surface area contributed by atoms with Gasteiger partial charge in [-0.3, -0.25) is 4.79 Å². The topological polar surface area (TPSA) is 65.4 Å². The molecule has 0 saturated carbocycles. The highest BCUT2D eigenvalue weighted by molar-refractivity contribution is 5.77. The Balaban J connectivity index is 1.71. The van der Waals surface area contributed by atoms with E-state index in [1.807, 2.05) is 29.8 Å². The van der Waals surface area contributed by atoms with Gasteiger partial charge < -0.3 is 19.4 Å². The SMILES string of the molecule is CCOCCOCC(=O)NCc1cccc(Cn2ccnc2)c1. The molecule has 6 heteroatoms. The highest BCUT2D eigenvalue weighted by Gasteiger charge is 2.02. The van der Waals surface area contributed by atoms with Gasteiger partial charge in [0.1, 0.15) is 6.61 Å². The van der Waals surface area contributed by atoms with E-state index >= 15 is 0 Å². The molecule has 1 aromatic carbocycles. The summed E-state index contributed by atoms with van der Waals surface area (Å²) in [5.41, 5.74) is 2.23. The number of amides is 1. The zero-order valence-electron chi connectivity index (χ0n) is 13.4. The maximum atomic E-state index is 11.7. The molecule has 0 bridgehead atoms. The van der Waals surface area contributed by atoms with E-state index in [1.165, 1.54) is 5.56 Å². The number of ether oxygens (including phenoxy) is 2. The predicted molar refractivity (Wildman–Crippen MR) is 86.9 cm³/mol. The molecule has 0 unspecified atom stereocenters. The number of aromatic nitrogens is 2. The Hall–Kier alpha value is -2.18. The molecule has 1 amide bonds. The molecule has 0 fully saturated rings. The highest BCUT2D eigenvalue weighted by atomic mass is 16.5. The van der Waals surface area contributed by atoms with Crippen LogP contribution in [-0.4, -0.2) is 41.9 Å². The number of carbonyl (C=O) groups excluding carboxylic acids is 1. The number of hydrogen-bond donors (Lipinski definition) is 1.